The van der Waals surface area contributed by atoms with Crippen LogP contribution >= 0.6 is 0 Å². The minimum atomic E-state index is -3.36. The number of nitrogens with zero attached hydrogens (tertiary/aromatic N) is 1. The van der Waals surface area contributed by atoms with Gasteiger partial charge >= 0.3 is 0 Å². The van der Waals surface area contributed by atoms with E-state index in [9.17, 15) is 13.2 Å². The highest BCUT2D eigenvalue weighted by Crippen LogP contribution is 2.33. The molecular weight excluding hydrogens is 442 g/mol. The average molecular weight is 470 g/mol. The number of aromatic nitrogens is 1. The molecule has 2 aromatic carbocycles. The summed E-state index contributed by atoms with van der Waals surface area (Å²) in [6, 6.07) is 14.2. The third-order valence-corrected chi connectivity index (χ3v) is 6.84. The van der Waals surface area contributed by atoms with Gasteiger partial charge in [0.05, 0.1) is 11.3 Å². The highest BCUT2D eigenvalue weighted by Gasteiger charge is 2.19. The lowest BCUT2D eigenvalue weighted by molar-refractivity contribution is 0.102. The third-order valence-electron chi connectivity index (χ3n) is 5.35. The van der Waals surface area contributed by atoms with Crippen LogP contribution in [0.5, 0.6) is 11.5 Å². The molecule has 1 amide bonds. The van der Waals surface area contributed by atoms with E-state index in [2.05, 4.69) is 10.0 Å². The number of hydrogen-bond donors (Lipinski definition) is 2. The van der Waals surface area contributed by atoms with Gasteiger partial charge in [0.2, 0.25) is 10.0 Å². The highest BCUT2D eigenvalue weighted by molar-refractivity contribution is 7.92. The van der Waals surface area contributed by atoms with E-state index in [4.69, 9.17) is 9.47 Å². The van der Waals surface area contributed by atoms with Gasteiger partial charge in [-0.15, -0.1) is 0 Å². The molecule has 2 N–H and O–H groups in total. The summed E-state index contributed by atoms with van der Waals surface area (Å²) in [4.78, 5) is 13.0. The molecule has 0 spiro atoms. The van der Waals surface area contributed by atoms with Crippen LogP contribution in [-0.4, -0.2) is 37.9 Å². The second-order valence-corrected chi connectivity index (χ2v) is 9.74. The van der Waals surface area contributed by atoms with Crippen molar-refractivity contribution in [2.45, 2.75) is 27.2 Å². The normalized spacial score (nSPS) is 12.9. The van der Waals surface area contributed by atoms with Crippen molar-refractivity contribution in [3.8, 4) is 17.2 Å². The predicted molar refractivity (Wildman–Crippen MR) is 128 cm³/mol. The number of nitrogens with one attached hydrogen (secondary N) is 2. The van der Waals surface area contributed by atoms with Crippen LogP contribution < -0.4 is 19.5 Å². The number of carbonyl (C=O) groups excluding carboxylic acids is 1. The fourth-order valence-electron chi connectivity index (χ4n) is 3.88. The first-order chi connectivity index (χ1) is 15.8. The van der Waals surface area contributed by atoms with E-state index in [-0.39, 0.29) is 11.7 Å². The zero-order valence-electron chi connectivity index (χ0n) is 18.8. The third kappa shape index (κ3) is 4.98. The summed E-state index contributed by atoms with van der Waals surface area (Å²) in [5, 5.41) is 2.88. The van der Waals surface area contributed by atoms with Crippen molar-refractivity contribution in [2.24, 2.45) is 0 Å². The van der Waals surface area contributed by atoms with Crippen molar-refractivity contribution >= 4 is 27.3 Å². The Morgan fingerprint density at radius 1 is 0.970 bits per heavy atom. The van der Waals surface area contributed by atoms with Gasteiger partial charge in [0.1, 0.15) is 13.2 Å². The molecule has 1 aliphatic rings. The van der Waals surface area contributed by atoms with Crippen molar-refractivity contribution in [1.29, 1.82) is 0 Å². The van der Waals surface area contributed by atoms with Gasteiger partial charge in [-0.05, 0) is 62.7 Å². The lowest BCUT2D eigenvalue weighted by Crippen LogP contribution is -2.16. The van der Waals surface area contributed by atoms with Crippen LogP contribution in [0.4, 0.5) is 11.4 Å². The first kappa shape index (κ1) is 22.7. The van der Waals surface area contributed by atoms with Crippen LogP contribution in [0.25, 0.3) is 5.69 Å². The van der Waals surface area contributed by atoms with Crippen molar-refractivity contribution in [2.75, 3.05) is 29.0 Å². The molecule has 3 aromatic rings. The topological polar surface area (TPSA) is 98.7 Å². The Labute approximate surface area is 193 Å². The zero-order chi connectivity index (χ0) is 23.6. The number of anilines is 2. The van der Waals surface area contributed by atoms with E-state index >= 15 is 0 Å². The quantitative estimate of drug-likeness (QED) is 0.538. The number of ether oxygens (including phenoxy) is 2. The van der Waals surface area contributed by atoms with Crippen LogP contribution in [0.2, 0.25) is 0 Å². The maximum Gasteiger partial charge on any atom is 0.257 e. The van der Waals surface area contributed by atoms with Gasteiger partial charge in [-0.1, -0.05) is 6.92 Å². The molecule has 0 fully saturated rings. The summed E-state index contributed by atoms with van der Waals surface area (Å²) in [5.41, 5.74) is 4.17. The van der Waals surface area contributed by atoms with Gasteiger partial charge in [-0.25, -0.2) is 8.42 Å². The maximum atomic E-state index is 13.0. The first-order valence-corrected chi connectivity index (χ1v) is 12.4. The molecule has 174 valence electrons. The average Bonchev–Trinajstić information content (AvgIpc) is 3.08. The minimum absolute atomic E-state index is 0.0600. The Kier molecular flexibility index (Phi) is 6.33. The van der Waals surface area contributed by atoms with Crippen molar-refractivity contribution in [1.82, 2.24) is 4.57 Å². The molecule has 8 nitrogen and oxygen atoms in total. The smallest absolute Gasteiger partial charge is 0.257 e. The molecular formula is C24H27N3O5S. The lowest BCUT2D eigenvalue weighted by atomic mass is 10.2. The predicted octanol–water partition coefficient (Wildman–Crippen LogP) is 4.27. The van der Waals surface area contributed by atoms with Gasteiger partial charge in [-0.3, -0.25) is 9.52 Å². The molecule has 2 heterocycles. The molecule has 0 unspecified atom stereocenters. The molecule has 1 aliphatic heterocycles. The molecule has 33 heavy (non-hydrogen) atoms. The van der Waals surface area contributed by atoms with E-state index in [0.29, 0.717) is 48.1 Å². The summed E-state index contributed by atoms with van der Waals surface area (Å²) < 4.78 is 39.6. The Morgan fingerprint density at radius 3 is 2.33 bits per heavy atom. The Hall–Kier alpha value is -3.46. The van der Waals surface area contributed by atoms with E-state index in [0.717, 1.165) is 17.1 Å². The molecule has 0 radical (unpaired) electrons. The van der Waals surface area contributed by atoms with Crippen LogP contribution in [0.3, 0.4) is 0 Å². The first-order valence-electron chi connectivity index (χ1n) is 10.8. The number of benzene rings is 2. The van der Waals surface area contributed by atoms with E-state index in [1.165, 1.54) is 0 Å². The largest absolute Gasteiger partial charge is 0.486 e. The van der Waals surface area contributed by atoms with Crippen LogP contribution in [0, 0.1) is 13.8 Å². The zero-order valence-corrected chi connectivity index (χ0v) is 19.7. The summed E-state index contributed by atoms with van der Waals surface area (Å²) in [7, 11) is -3.36. The fourth-order valence-corrected chi connectivity index (χ4v) is 5.02. The summed E-state index contributed by atoms with van der Waals surface area (Å²) in [5.74, 6) is 1.22. The number of rotatable bonds is 7. The second kappa shape index (κ2) is 9.19. The van der Waals surface area contributed by atoms with Gasteiger partial charge < -0.3 is 19.4 Å². The monoisotopic (exact) mass is 469 g/mol. The van der Waals surface area contributed by atoms with Crippen molar-refractivity contribution < 1.29 is 22.7 Å². The molecule has 4 rings (SSSR count). The lowest BCUT2D eigenvalue weighted by Gasteiger charge is -2.20. The Bertz CT molecular complexity index is 1280. The summed E-state index contributed by atoms with van der Waals surface area (Å²) in [6.45, 7) is 6.68. The number of hydrogen-bond acceptors (Lipinski definition) is 5. The molecule has 0 aliphatic carbocycles. The minimum Gasteiger partial charge on any atom is -0.486 e. The molecule has 0 atom stereocenters. The fraction of sp³-hybridized carbons (Fsp3) is 0.292. The number of fused-ring (bicyclic) bond motifs is 1. The molecule has 1 aromatic heterocycles. The molecule has 0 bridgehead atoms. The second-order valence-electron chi connectivity index (χ2n) is 7.90. The van der Waals surface area contributed by atoms with Gasteiger partial charge in [0.25, 0.3) is 5.91 Å². The van der Waals surface area contributed by atoms with Gasteiger partial charge in [0, 0.05) is 34.5 Å². The number of amides is 1. The molecule has 9 heteroatoms. The highest BCUT2D eigenvalue weighted by atomic mass is 32.2. The maximum absolute atomic E-state index is 13.0. The number of aryl methyl sites for hydroxylation is 1. The van der Waals surface area contributed by atoms with E-state index in [1.807, 2.05) is 49.6 Å². The Morgan fingerprint density at radius 2 is 1.64 bits per heavy atom. The van der Waals surface area contributed by atoms with Gasteiger partial charge in [0.15, 0.2) is 11.5 Å². The SMILES string of the molecule is CCCS(=O)(=O)Nc1ccc(NC(=O)c2cc(C)n(-c3ccc4c(c3)OCCO4)c2C)cc1. The number of carbonyl (C=O) groups is 1. The van der Waals surface area contributed by atoms with Crippen molar-refractivity contribution in [3.05, 3.63) is 65.5 Å². The van der Waals surface area contributed by atoms with Crippen LogP contribution in [0.15, 0.2) is 48.5 Å². The number of sulfonamides is 1. The molecule has 0 saturated carbocycles. The molecule has 0 saturated heterocycles. The Balaban J connectivity index is 1.52. The van der Waals surface area contributed by atoms with Crippen LogP contribution in [0.1, 0.15) is 35.1 Å². The summed E-state index contributed by atoms with van der Waals surface area (Å²) in [6.07, 6.45) is 0.536. The van der Waals surface area contributed by atoms with E-state index < -0.39 is 10.0 Å². The summed E-state index contributed by atoms with van der Waals surface area (Å²) >= 11 is 0. The van der Waals surface area contributed by atoms with Crippen LogP contribution in [-0.2, 0) is 10.0 Å². The van der Waals surface area contributed by atoms with E-state index in [1.54, 1.807) is 24.3 Å². The standard InChI is InChI=1S/C24H27N3O5S/c1-4-13-33(29,30)26-19-7-5-18(6-8-19)25-24(28)21-14-16(2)27(17(21)3)20-9-10-22-23(15-20)32-12-11-31-22/h5-10,14-15,26H,4,11-13H2,1-3H3,(H,25,28). The van der Waals surface area contributed by atoms with Gasteiger partial charge in [-0.2, -0.15) is 0 Å². The van der Waals surface area contributed by atoms with Crippen molar-refractivity contribution in [3.63, 3.8) is 0 Å².